The Bertz CT molecular complexity index is 526. The van der Waals surface area contributed by atoms with Crippen molar-refractivity contribution in [3.05, 3.63) is 17.6 Å². The fourth-order valence-electron chi connectivity index (χ4n) is 1.30. The highest BCUT2D eigenvalue weighted by Crippen LogP contribution is 2.20. The molecule has 5 nitrogen and oxygen atoms in total. The van der Waals surface area contributed by atoms with Crippen LogP contribution in [0.1, 0.15) is 6.92 Å². The van der Waals surface area contributed by atoms with Crippen molar-refractivity contribution in [3.63, 3.8) is 0 Å². The van der Waals surface area contributed by atoms with E-state index in [2.05, 4.69) is 9.97 Å². The van der Waals surface area contributed by atoms with Crippen molar-refractivity contribution in [1.82, 2.24) is 9.97 Å². The van der Waals surface area contributed by atoms with E-state index < -0.39 is 12.0 Å². The van der Waals surface area contributed by atoms with Gasteiger partial charge in [-0.25, -0.2) is 14.8 Å². The Morgan fingerprint density at radius 3 is 3.00 bits per heavy atom. The molecule has 0 saturated heterocycles. The summed E-state index contributed by atoms with van der Waals surface area (Å²) in [4.78, 5) is 21.8. The predicted molar refractivity (Wildman–Crippen MR) is 62.9 cm³/mol. The van der Waals surface area contributed by atoms with E-state index in [-0.39, 0.29) is 0 Å². The maximum atomic E-state index is 10.8. The Morgan fingerprint density at radius 1 is 1.56 bits per heavy atom. The van der Waals surface area contributed by atoms with Gasteiger partial charge in [-0.15, -0.1) is 11.3 Å². The summed E-state index contributed by atoms with van der Waals surface area (Å²) in [7, 11) is 1.72. The molecule has 2 heterocycles. The van der Waals surface area contributed by atoms with Crippen molar-refractivity contribution in [1.29, 1.82) is 0 Å². The van der Waals surface area contributed by atoms with Gasteiger partial charge in [0.05, 0.1) is 5.51 Å². The molecular weight excluding hydrogens is 226 g/mol. The summed E-state index contributed by atoms with van der Waals surface area (Å²) in [5.74, 6) is -0.222. The van der Waals surface area contributed by atoms with E-state index in [1.807, 2.05) is 6.07 Å². The van der Waals surface area contributed by atoms with Gasteiger partial charge in [0.2, 0.25) is 0 Å². The summed E-state index contributed by atoms with van der Waals surface area (Å²) >= 11 is 1.44. The first kappa shape index (κ1) is 10.8. The molecule has 16 heavy (non-hydrogen) atoms. The molecule has 0 aromatic carbocycles. The normalized spacial score (nSPS) is 12.6. The van der Waals surface area contributed by atoms with Gasteiger partial charge in [0.25, 0.3) is 0 Å². The van der Waals surface area contributed by atoms with Gasteiger partial charge in [-0.1, -0.05) is 0 Å². The van der Waals surface area contributed by atoms with Crippen molar-refractivity contribution in [2.75, 3.05) is 11.9 Å². The van der Waals surface area contributed by atoms with Crippen LogP contribution >= 0.6 is 11.3 Å². The number of carboxylic acid groups (broad SMARTS) is 1. The van der Waals surface area contributed by atoms with Crippen LogP contribution in [-0.2, 0) is 4.79 Å². The molecule has 0 aliphatic heterocycles. The van der Waals surface area contributed by atoms with E-state index in [1.165, 1.54) is 11.3 Å². The summed E-state index contributed by atoms with van der Waals surface area (Å²) in [6.45, 7) is 1.63. The zero-order chi connectivity index (χ0) is 11.7. The van der Waals surface area contributed by atoms with Crippen molar-refractivity contribution in [2.45, 2.75) is 13.0 Å². The van der Waals surface area contributed by atoms with Crippen molar-refractivity contribution < 1.29 is 9.90 Å². The summed E-state index contributed by atoms with van der Waals surface area (Å²) in [5, 5.41) is 8.91. The molecule has 1 unspecified atom stereocenters. The topological polar surface area (TPSA) is 66.3 Å². The maximum Gasteiger partial charge on any atom is 0.326 e. The molecular formula is C10H11N3O2S. The number of carbonyl (C=O) groups is 1. The second kappa shape index (κ2) is 4.05. The molecule has 0 aliphatic carbocycles. The number of hydrogen-bond acceptors (Lipinski definition) is 5. The molecule has 6 heteroatoms. The fourth-order valence-corrected chi connectivity index (χ4v) is 1.96. The largest absolute Gasteiger partial charge is 0.480 e. The van der Waals surface area contributed by atoms with E-state index in [1.54, 1.807) is 30.4 Å². The molecule has 0 bridgehead atoms. The Kier molecular flexibility index (Phi) is 2.74. The number of likely N-dealkylation sites (N-methyl/N-ethyl adjacent to an activating group) is 1. The van der Waals surface area contributed by atoms with Crippen LogP contribution in [0.25, 0.3) is 10.3 Å². The average Bonchev–Trinajstić information content (AvgIpc) is 2.73. The Balaban J connectivity index is 2.35. The smallest absolute Gasteiger partial charge is 0.326 e. The number of thiazole rings is 1. The molecule has 0 radical (unpaired) electrons. The Morgan fingerprint density at radius 2 is 2.31 bits per heavy atom. The number of nitrogens with zero attached hydrogens (tertiary/aromatic N) is 3. The van der Waals surface area contributed by atoms with E-state index in [4.69, 9.17) is 5.11 Å². The highest BCUT2D eigenvalue weighted by Gasteiger charge is 2.18. The second-order valence-electron chi connectivity index (χ2n) is 3.47. The third-order valence-corrected chi connectivity index (χ3v) is 3.22. The monoisotopic (exact) mass is 237 g/mol. The lowest BCUT2D eigenvalue weighted by Gasteiger charge is -2.22. The van der Waals surface area contributed by atoms with Crippen molar-refractivity contribution in [2.24, 2.45) is 0 Å². The van der Waals surface area contributed by atoms with Gasteiger partial charge in [0, 0.05) is 7.05 Å². The molecule has 0 fully saturated rings. The predicted octanol–water partition coefficient (Wildman–Crippen LogP) is 1.60. The van der Waals surface area contributed by atoms with Crippen LogP contribution < -0.4 is 4.90 Å². The van der Waals surface area contributed by atoms with Gasteiger partial charge in [-0.3, -0.25) is 0 Å². The zero-order valence-electron chi connectivity index (χ0n) is 8.91. The van der Waals surface area contributed by atoms with E-state index in [9.17, 15) is 4.79 Å². The molecule has 0 spiro atoms. The molecule has 0 saturated carbocycles. The van der Waals surface area contributed by atoms with Crippen molar-refractivity contribution in [3.8, 4) is 0 Å². The van der Waals surface area contributed by atoms with Crippen LogP contribution in [0, 0.1) is 0 Å². The number of fused-ring (bicyclic) bond motifs is 1. The number of pyridine rings is 1. The number of aromatic nitrogens is 2. The third kappa shape index (κ3) is 1.83. The Labute approximate surface area is 96.4 Å². The number of rotatable bonds is 3. The number of anilines is 1. The first-order valence-corrected chi connectivity index (χ1v) is 5.63. The zero-order valence-corrected chi connectivity index (χ0v) is 9.73. The van der Waals surface area contributed by atoms with Crippen LogP contribution in [0.5, 0.6) is 0 Å². The average molecular weight is 237 g/mol. The fraction of sp³-hybridized carbons (Fsp3) is 0.300. The van der Waals surface area contributed by atoms with Crippen LogP contribution in [0.4, 0.5) is 5.82 Å². The minimum Gasteiger partial charge on any atom is -0.480 e. The summed E-state index contributed by atoms with van der Waals surface area (Å²) < 4.78 is 0. The molecule has 2 rings (SSSR count). The van der Waals surface area contributed by atoms with E-state index in [0.717, 1.165) is 10.3 Å². The van der Waals surface area contributed by atoms with Gasteiger partial charge < -0.3 is 10.0 Å². The van der Waals surface area contributed by atoms with Crippen LogP contribution in [0.3, 0.4) is 0 Å². The van der Waals surface area contributed by atoms with Crippen LogP contribution in [-0.4, -0.2) is 34.1 Å². The molecule has 2 aromatic heterocycles. The van der Waals surface area contributed by atoms with Gasteiger partial charge in [0.15, 0.2) is 0 Å². The molecule has 1 N–H and O–H groups in total. The first-order valence-electron chi connectivity index (χ1n) is 4.75. The minimum atomic E-state index is -0.867. The number of carboxylic acids is 1. The van der Waals surface area contributed by atoms with Gasteiger partial charge in [0.1, 0.15) is 22.2 Å². The molecule has 1 atom stereocenters. The third-order valence-electron chi connectivity index (χ3n) is 2.48. The highest BCUT2D eigenvalue weighted by atomic mass is 32.1. The summed E-state index contributed by atoms with van der Waals surface area (Å²) in [6.07, 6.45) is 0. The molecule has 2 aromatic rings. The number of aliphatic carboxylic acids is 1. The quantitative estimate of drug-likeness (QED) is 0.878. The van der Waals surface area contributed by atoms with E-state index in [0.29, 0.717) is 5.82 Å². The Hall–Kier alpha value is -1.69. The lowest BCUT2D eigenvalue weighted by molar-refractivity contribution is -0.138. The van der Waals surface area contributed by atoms with E-state index >= 15 is 0 Å². The number of hydrogen-bond donors (Lipinski definition) is 1. The lowest BCUT2D eigenvalue weighted by atomic mass is 10.3. The van der Waals surface area contributed by atoms with Gasteiger partial charge in [-0.2, -0.15) is 0 Å². The second-order valence-corrected chi connectivity index (χ2v) is 4.30. The van der Waals surface area contributed by atoms with Gasteiger partial charge in [-0.05, 0) is 19.1 Å². The van der Waals surface area contributed by atoms with Crippen LogP contribution in [0.2, 0.25) is 0 Å². The SMILES string of the molecule is CC(C(=O)O)N(C)c1ccc2ncsc2n1. The van der Waals surface area contributed by atoms with Gasteiger partial charge >= 0.3 is 5.97 Å². The summed E-state index contributed by atoms with van der Waals surface area (Å²) in [6, 6.07) is 3.03. The molecule has 0 aliphatic rings. The van der Waals surface area contributed by atoms with Crippen molar-refractivity contribution >= 4 is 33.5 Å². The minimum absolute atomic E-state index is 0.599. The standard InChI is InChI=1S/C10H11N3O2S/c1-6(10(14)15)13(2)8-4-3-7-9(12-8)16-5-11-7/h3-6H,1-2H3,(H,14,15). The molecule has 0 amide bonds. The highest BCUT2D eigenvalue weighted by molar-refractivity contribution is 7.16. The maximum absolute atomic E-state index is 10.8. The lowest BCUT2D eigenvalue weighted by Crippen LogP contribution is -2.36. The first-order chi connectivity index (χ1) is 7.59. The van der Waals surface area contributed by atoms with Crippen LogP contribution in [0.15, 0.2) is 17.6 Å². The molecule has 84 valence electrons. The summed E-state index contributed by atoms with van der Waals surface area (Å²) in [5.41, 5.74) is 2.56.